The van der Waals surface area contributed by atoms with Gasteiger partial charge in [-0.15, -0.1) is 0 Å². The molecule has 0 bridgehead atoms. The zero-order valence-electron chi connectivity index (χ0n) is 13.5. The van der Waals surface area contributed by atoms with Crippen LogP contribution in [0.2, 0.25) is 0 Å². The van der Waals surface area contributed by atoms with E-state index in [2.05, 4.69) is 18.9 Å². The smallest absolute Gasteiger partial charge is 0.0506 e. The van der Waals surface area contributed by atoms with Crippen LogP contribution in [0.15, 0.2) is 0 Å². The molecule has 2 rings (SSSR count). The molecule has 0 radical (unpaired) electrons. The third-order valence-corrected chi connectivity index (χ3v) is 5.43. The highest BCUT2D eigenvalue weighted by molar-refractivity contribution is 4.87. The van der Waals surface area contributed by atoms with Crippen molar-refractivity contribution in [1.82, 2.24) is 4.90 Å². The lowest BCUT2D eigenvalue weighted by Gasteiger charge is -2.42. The first-order valence-corrected chi connectivity index (χ1v) is 8.72. The van der Waals surface area contributed by atoms with E-state index in [0.29, 0.717) is 12.0 Å². The predicted molar refractivity (Wildman–Crippen MR) is 84.8 cm³/mol. The summed E-state index contributed by atoms with van der Waals surface area (Å²) in [5.41, 5.74) is 6.03. The van der Waals surface area contributed by atoms with Gasteiger partial charge in [0.1, 0.15) is 0 Å². The minimum atomic E-state index is 0.701. The van der Waals surface area contributed by atoms with Crippen LogP contribution in [0.1, 0.15) is 51.9 Å². The lowest BCUT2D eigenvalue weighted by molar-refractivity contribution is 0.0212. The highest BCUT2D eigenvalue weighted by Crippen LogP contribution is 2.34. The largest absolute Gasteiger partial charge is 0.381 e. The third-order valence-electron chi connectivity index (χ3n) is 5.43. The maximum Gasteiger partial charge on any atom is 0.0506 e. The number of ether oxygens (including phenoxy) is 1. The molecule has 0 aromatic rings. The van der Waals surface area contributed by atoms with Crippen molar-refractivity contribution in [2.45, 2.75) is 57.9 Å². The number of nitrogens with zero attached hydrogens (tertiary/aromatic N) is 1. The summed E-state index contributed by atoms with van der Waals surface area (Å²) in [5, 5.41) is 0. The summed E-state index contributed by atoms with van der Waals surface area (Å²) in [4.78, 5) is 2.61. The molecule has 20 heavy (non-hydrogen) atoms. The van der Waals surface area contributed by atoms with Gasteiger partial charge in [-0.05, 0) is 57.0 Å². The Morgan fingerprint density at radius 1 is 1.20 bits per heavy atom. The maximum absolute atomic E-state index is 6.03. The first-order chi connectivity index (χ1) is 9.74. The second-order valence-corrected chi connectivity index (χ2v) is 7.05. The Morgan fingerprint density at radius 3 is 2.70 bits per heavy atom. The number of hydrogen-bond acceptors (Lipinski definition) is 3. The monoisotopic (exact) mass is 282 g/mol. The first-order valence-electron chi connectivity index (χ1n) is 8.72. The molecule has 0 aromatic carbocycles. The van der Waals surface area contributed by atoms with Gasteiger partial charge in [0.25, 0.3) is 0 Å². The molecular formula is C17H34N2O. The van der Waals surface area contributed by atoms with Gasteiger partial charge < -0.3 is 15.4 Å². The standard InChI is InChI=1S/C17H34N2O/c1-3-5-14-7-8-16(11-18)17(10-14)19(2)12-15-6-4-9-20-13-15/h14-17H,3-13,18H2,1-2H3. The molecule has 3 nitrogen and oxygen atoms in total. The van der Waals surface area contributed by atoms with Crippen molar-refractivity contribution < 1.29 is 4.74 Å². The minimum Gasteiger partial charge on any atom is -0.381 e. The van der Waals surface area contributed by atoms with E-state index >= 15 is 0 Å². The van der Waals surface area contributed by atoms with Crippen LogP contribution in [0.25, 0.3) is 0 Å². The maximum atomic E-state index is 6.03. The molecule has 1 aliphatic carbocycles. The lowest BCUT2D eigenvalue weighted by atomic mass is 9.76. The molecule has 1 saturated heterocycles. The van der Waals surface area contributed by atoms with Gasteiger partial charge in [-0.1, -0.05) is 26.2 Å². The van der Waals surface area contributed by atoms with Gasteiger partial charge in [0.2, 0.25) is 0 Å². The average Bonchev–Trinajstić information content (AvgIpc) is 2.48. The van der Waals surface area contributed by atoms with E-state index in [1.807, 2.05) is 0 Å². The van der Waals surface area contributed by atoms with Crippen LogP contribution in [-0.2, 0) is 4.74 Å². The van der Waals surface area contributed by atoms with Crippen LogP contribution in [0.4, 0.5) is 0 Å². The van der Waals surface area contributed by atoms with Crippen molar-refractivity contribution in [2.24, 2.45) is 23.5 Å². The van der Waals surface area contributed by atoms with Gasteiger partial charge >= 0.3 is 0 Å². The third kappa shape index (κ3) is 4.44. The first kappa shape index (κ1) is 16.3. The second-order valence-electron chi connectivity index (χ2n) is 7.05. The molecule has 1 heterocycles. The van der Waals surface area contributed by atoms with Crippen LogP contribution < -0.4 is 5.73 Å². The van der Waals surface area contributed by atoms with E-state index in [4.69, 9.17) is 10.5 Å². The fraction of sp³-hybridized carbons (Fsp3) is 1.00. The zero-order valence-corrected chi connectivity index (χ0v) is 13.5. The number of hydrogen-bond donors (Lipinski definition) is 1. The van der Waals surface area contributed by atoms with Crippen molar-refractivity contribution in [3.63, 3.8) is 0 Å². The fourth-order valence-corrected chi connectivity index (χ4v) is 4.27. The fourth-order valence-electron chi connectivity index (χ4n) is 4.27. The van der Waals surface area contributed by atoms with E-state index in [1.54, 1.807) is 0 Å². The molecule has 0 spiro atoms. The Balaban J connectivity index is 1.87. The van der Waals surface area contributed by atoms with Crippen molar-refractivity contribution in [3.8, 4) is 0 Å². The molecule has 2 fully saturated rings. The topological polar surface area (TPSA) is 38.5 Å². The van der Waals surface area contributed by atoms with Gasteiger partial charge in [-0.3, -0.25) is 0 Å². The van der Waals surface area contributed by atoms with Crippen LogP contribution in [-0.4, -0.2) is 44.3 Å². The van der Waals surface area contributed by atoms with E-state index in [-0.39, 0.29) is 0 Å². The molecule has 0 amide bonds. The normalized spacial score (nSPS) is 35.4. The zero-order chi connectivity index (χ0) is 14.4. The summed E-state index contributed by atoms with van der Waals surface area (Å²) in [5.74, 6) is 2.37. The predicted octanol–water partition coefficient (Wildman–Crippen LogP) is 2.89. The SMILES string of the molecule is CCCC1CCC(CN)C(N(C)CC2CCCOC2)C1. The lowest BCUT2D eigenvalue weighted by Crippen LogP contribution is -2.47. The Labute approximate surface area is 125 Å². The van der Waals surface area contributed by atoms with Crippen molar-refractivity contribution in [3.05, 3.63) is 0 Å². The van der Waals surface area contributed by atoms with E-state index in [1.165, 1.54) is 51.5 Å². The summed E-state index contributed by atoms with van der Waals surface area (Å²) in [7, 11) is 2.32. The van der Waals surface area contributed by atoms with Crippen LogP contribution >= 0.6 is 0 Å². The molecule has 118 valence electrons. The molecule has 1 aliphatic heterocycles. The molecule has 4 atom stereocenters. The van der Waals surface area contributed by atoms with E-state index < -0.39 is 0 Å². The summed E-state index contributed by atoms with van der Waals surface area (Å²) in [6.07, 6.45) is 9.38. The van der Waals surface area contributed by atoms with Crippen molar-refractivity contribution in [1.29, 1.82) is 0 Å². The van der Waals surface area contributed by atoms with Crippen LogP contribution in [0.5, 0.6) is 0 Å². The van der Waals surface area contributed by atoms with Crippen molar-refractivity contribution in [2.75, 3.05) is 33.4 Å². The molecule has 2 N–H and O–H groups in total. The van der Waals surface area contributed by atoms with E-state index in [9.17, 15) is 0 Å². The van der Waals surface area contributed by atoms with Crippen molar-refractivity contribution >= 4 is 0 Å². The second kappa shape index (κ2) is 8.35. The van der Waals surface area contributed by atoms with E-state index in [0.717, 1.165) is 31.6 Å². The van der Waals surface area contributed by atoms with Gasteiger partial charge in [-0.25, -0.2) is 0 Å². The highest BCUT2D eigenvalue weighted by atomic mass is 16.5. The summed E-state index contributed by atoms with van der Waals surface area (Å²) in [6, 6.07) is 0.701. The van der Waals surface area contributed by atoms with Gasteiger partial charge in [0, 0.05) is 19.2 Å². The summed E-state index contributed by atoms with van der Waals surface area (Å²) < 4.78 is 5.63. The summed E-state index contributed by atoms with van der Waals surface area (Å²) in [6.45, 7) is 6.29. The Hall–Kier alpha value is -0.120. The molecule has 0 aromatic heterocycles. The van der Waals surface area contributed by atoms with Crippen LogP contribution in [0.3, 0.4) is 0 Å². The quantitative estimate of drug-likeness (QED) is 0.814. The molecule has 2 aliphatic rings. The Bertz CT molecular complexity index is 266. The van der Waals surface area contributed by atoms with Gasteiger partial charge in [0.05, 0.1) is 6.61 Å². The number of nitrogens with two attached hydrogens (primary N) is 1. The van der Waals surface area contributed by atoms with Crippen LogP contribution in [0, 0.1) is 17.8 Å². The minimum absolute atomic E-state index is 0.701. The Morgan fingerprint density at radius 2 is 2.05 bits per heavy atom. The summed E-state index contributed by atoms with van der Waals surface area (Å²) >= 11 is 0. The molecular weight excluding hydrogens is 248 g/mol. The molecule has 1 saturated carbocycles. The number of rotatable bonds is 6. The molecule has 4 unspecified atom stereocenters. The average molecular weight is 282 g/mol. The molecule has 3 heteroatoms. The van der Waals surface area contributed by atoms with Gasteiger partial charge in [0.15, 0.2) is 0 Å². The highest BCUT2D eigenvalue weighted by Gasteiger charge is 2.32. The van der Waals surface area contributed by atoms with Gasteiger partial charge in [-0.2, -0.15) is 0 Å². The Kier molecular flexibility index (Phi) is 6.79.